The SMILES string of the molecule is c1ccc(-c2ccc(N(c3ccccc3-c3ccccc3)c3cc4oc5ccccc5c4c4ccccc34)cc2)cc1. The first-order chi connectivity index (χ1) is 20.8. The molecule has 198 valence electrons. The topological polar surface area (TPSA) is 16.4 Å². The first-order valence-corrected chi connectivity index (χ1v) is 14.3. The van der Waals surface area contributed by atoms with Crippen molar-refractivity contribution in [3.05, 3.63) is 164 Å². The summed E-state index contributed by atoms with van der Waals surface area (Å²) in [6, 6.07) is 57.9. The lowest BCUT2D eigenvalue weighted by molar-refractivity contribution is 0.669. The molecule has 0 aliphatic carbocycles. The quantitative estimate of drug-likeness (QED) is 0.217. The molecule has 42 heavy (non-hydrogen) atoms. The van der Waals surface area contributed by atoms with E-state index in [9.17, 15) is 0 Å². The van der Waals surface area contributed by atoms with Crippen LogP contribution in [-0.4, -0.2) is 0 Å². The van der Waals surface area contributed by atoms with E-state index >= 15 is 0 Å². The van der Waals surface area contributed by atoms with Crippen molar-refractivity contribution < 1.29 is 4.42 Å². The van der Waals surface area contributed by atoms with Gasteiger partial charge in [0.15, 0.2) is 0 Å². The van der Waals surface area contributed by atoms with Crippen LogP contribution in [0.15, 0.2) is 168 Å². The first-order valence-electron chi connectivity index (χ1n) is 14.3. The Kier molecular flexibility index (Phi) is 5.82. The maximum absolute atomic E-state index is 6.49. The Bertz CT molecular complexity index is 2180. The second-order valence-corrected chi connectivity index (χ2v) is 10.5. The van der Waals surface area contributed by atoms with Gasteiger partial charge in [0.05, 0.1) is 11.4 Å². The molecule has 0 saturated carbocycles. The largest absolute Gasteiger partial charge is 0.456 e. The van der Waals surface area contributed by atoms with Gasteiger partial charge in [-0.3, -0.25) is 0 Å². The van der Waals surface area contributed by atoms with E-state index in [-0.39, 0.29) is 0 Å². The molecular formula is C40H27NO. The molecule has 0 atom stereocenters. The first kappa shape index (κ1) is 24.2. The Morgan fingerprint density at radius 3 is 1.71 bits per heavy atom. The smallest absolute Gasteiger partial charge is 0.138 e. The van der Waals surface area contributed by atoms with Crippen LogP contribution in [0, 0.1) is 0 Å². The van der Waals surface area contributed by atoms with Crippen molar-refractivity contribution in [1.82, 2.24) is 0 Å². The molecule has 2 nitrogen and oxygen atoms in total. The van der Waals surface area contributed by atoms with Gasteiger partial charge in [0.25, 0.3) is 0 Å². The van der Waals surface area contributed by atoms with E-state index in [4.69, 9.17) is 4.42 Å². The third-order valence-corrected chi connectivity index (χ3v) is 8.07. The molecule has 0 amide bonds. The standard InChI is InChI=1S/C40H27NO/c1-3-13-28(14-4-1)29-23-25-31(26-24-29)41(36-21-11-9-17-32(36)30-15-5-2-6-16-30)37-27-39-40(34-19-8-7-18-33(34)37)35-20-10-12-22-38(35)42-39/h1-27H. The van der Waals surface area contributed by atoms with E-state index < -0.39 is 0 Å². The predicted octanol–water partition coefficient (Wildman–Crippen LogP) is 11.5. The fourth-order valence-electron chi connectivity index (χ4n) is 6.13. The molecule has 0 fully saturated rings. The van der Waals surface area contributed by atoms with Gasteiger partial charge in [0.2, 0.25) is 0 Å². The Morgan fingerprint density at radius 1 is 0.381 bits per heavy atom. The number of anilines is 3. The molecule has 0 saturated heterocycles. The van der Waals surface area contributed by atoms with Gasteiger partial charge in [-0.1, -0.05) is 133 Å². The van der Waals surface area contributed by atoms with Crippen LogP contribution in [0.5, 0.6) is 0 Å². The predicted molar refractivity (Wildman–Crippen MR) is 177 cm³/mol. The highest BCUT2D eigenvalue weighted by Gasteiger charge is 2.22. The zero-order valence-corrected chi connectivity index (χ0v) is 22.9. The molecule has 2 heteroatoms. The van der Waals surface area contributed by atoms with Crippen molar-refractivity contribution in [2.75, 3.05) is 4.90 Å². The van der Waals surface area contributed by atoms with Crippen LogP contribution in [0.2, 0.25) is 0 Å². The van der Waals surface area contributed by atoms with E-state index in [2.05, 4.69) is 163 Å². The molecule has 0 N–H and O–H groups in total. The summed E-state index contributed by atoms with van der Waals surface area (Å²) in [7, 11) is 0. The third-order valence-electron chi connectivity index (χ3n) is 8.07. The summed E-state index contributed by atoms with van der Waals surface area (Å²) in [6.07, 6.45) is 0. The molecule has 7 aromatic carbocycles. The highest BCUT2D eigenvalue weighted by atomic mass is 16.3. The maximum Gasteiger partial charge on any atom is 0.138 e. The van der Waals surface area contributed by atoms with Gasteiger partial charge in [0, 0.05) is 33.5 Å². The highest BCUT2D eigenvalue weighted by Crippen LogP contribution is 2.47. The van der Waals surface area contributed by atoms with Gasteiger partial charge in [-0.2, -0.15) is 0 Å². The van der Waals surface area contributed by atoms with Crippen molar-refractivity contribution in [2.45, 2.75) is 0 Å². The average molecular weight is 538 g/mol. The van der Waals surface area contributed by atoms with Crippen molar-refractivity contribution in [3.63, 3.8) is 0 Å². The summed E-state index contributed by atoms with van der Waals surface area (Å²) in [5.41, 5.74) is 9.78. The van der Waals surface area contributed by atoms with Gasteiger partial charge in [-0.15, -0.1) is 0 Å². The number of furan rings is 1. The summed E-state index contributed by atoms with van der Waals surface area (Å²) in [6.45, 7) is 0. The van der Waals surface area contributed by atoms with Gasteiger partial charge in [0.1, 0.15) is 11.2 Å². The lowest BCUT2D eigenvalue weighted by Gasteiger charge is -2.29. The maximum atomic E-state index is 6.49. The van der Waals surface area contributed by atoms with Crippen molar-refractivity contribution in [1.29, 1.82) is 0 Å². The molecule has 1 aromatic heterocycles. The highest BCUT2D eigenvalue weighted by molar-refractivity contribution is 6.22. The minimum absolute atomic E-state index is 0.882. The van der Waals surface area contributed by atoms with Crippen LogP contribution in [0.3, 0.4) is 0 Å². The van der Waals surface area contributed by atoms with E-state index in [1.165, 1.54) is 33.0 Å². The number of hydrogen-bond donors (Lipinski definition) is 0. The van der Waals surface area contributed by atoms with E-state index in [1.807, 2.05) is 6.07 Å². The summed E-state index contributed by atoms with van der Waals surface area (Å²) < 4.78 is 6.49. The molecule has 0 aliphatic rings. The second kappa shape index (κ2) is 10.1. The Morgan fingerprint density at radius 2 is 0.952 bits per heavy atom. The molecule has 0 radical (unpaired) electrons. The molecule has 0 aliphatic heterocycles. The zero-order chi connectivity index (χ0) is 27.9. The molecule has 8 aromatic rings. The number of fused-ring (bicyclic) bond motifs is 5. The van der Waals surface area contributed by atoms with Gasteiger partial charge >= 0.3 is 0 Å². The van der Waals surface area contributed by atoms with Gasteiger partial charge < -0.3 is 9.32 Å². The van der Waals surface area contributed by atoms with Gasteiger partial charge in [-0.05, 0) is 46.3 Å². The average Bonchev–Trinajstić information content (AvgIpc) is 3.45. The van der Waals surface area contributed by atoms with E-state index in [0.29, 0.717) is 0 Å². The molecule has 8 rings (SSSR count). The number of benzene rings is 7. The van der Waals surface area contributed by atoms with Crippen LogP contribution in [-0.2, 0) is 0 Å². The molecular weight excluding hydrogens is 510 g/mol. The van der Waals surface area contributed by atoms with E-state index in [0.717, 1.165) is 39.0 Å². The van der Waals surface area contributed by atoms with Gasteiger partial charge in [-0.25, -0.2) is 0 Å². The lowest BCUT2D eigenvalue weighted by Crippen LogP contribution is -2.11. The van der Waals surface area contributed by atoms with Crippen molar-refractivity contribution >= 4 is 49.8 Å². The molecule has 0 bridgehead atoms. The minimum Gasteiger partial charge on any atom is -0.456 e. The van der Waals surface area contributed by atoms with Crippen LogP contribution in [0.1, 0.15) is 0 Å². The fraction of sp³-hybridized carbons (Fsp3) is 0. The van der Waals surface area contributed by atoms with Crippen LogP contribution >= 0.6 is 0 Å². The fourth-order valence-corrected chi connectivity index (χ4v) is 6.13. The Balaban J connectivity index is 1.42. The van der Waals surface area contributed by atoms with Crippen molar-refractivity contribution in [2.24, 2.45) is 0 Å². The second-order valence-electron chi connectivity index (χ2n) is 10.5. The molecule has 1 heterocycles. The monoisotopic (exact) mass is 537 g/mol. The summed E-state index contributed by atoms with van der Waals surface area (Å²) in [5.74, 6) is 0. The minimum atomic E-state index is 0.882. The number of rotatable bonds is 5. The number of hydrogen-bond acceptors (Lipinski definition) is 2. The normalized spacial score (nSPS) is 11.3. The van der Waals surface area contributed by atoms with E-state index in [1.54, 1.807) is 0 Å². The summed E-state index contributed by atoms with van der Waals surface area (Å²) in [5, 5.41) is 4.64. The van der Waals surface area contributed by atoms with Crippen LogP contribution in [0.25, 0.3) is 55.0 Å². The third kappa shape index (κ3) is 4.05. The molecule has 0 unspecified atom stereocenters. The van der Waals surface area contributed by atoms with Crippen LogP contribution in [0.4, 0.5) is 17.1 Å². The van der Waals surface area contributed by atoms with Crippen LogP contribution < -0.4 is 4.90 Å². The Hall–Kier alpha value is -5.60. The molecule has 0 spiro atoms. The Labute approximate surface area is 244 Å². The zero-order valence-electron chi connectivity index (χ0n) is 22.9. The number of para-hydroxylation sites is 2. The summed E-state index contributed by atoms with van der Waals surface area (Å²) >= 11 is 0. The van der Waals surface area contributed by atoms with Crippen molar-refractivity contribution in [3.8, 4) is 22.3 Å². The number of nitrogens with zero attached hydrogens (tertiary/aromatic N) is 1. The lowest BCUT2D eigenvalue weighted by atomic mass is 9.98. The summed E-state index contributed by atoms with van der Waals surface area (Å²) in [4.78, 5) is 2.38.